The SMILES string of the molecule is COc1ccc(/C=C(\NC(=O)c2ccccc2Br)C(=O)N[C@@H](Cc2ccccc2)C(=O)[O-])c(OC)c1. The third-order valence-electron chi connectivity index (χ3n) is 5.22. The molecule has 3 aromatic carbocycles. The lowest BCUT2D eigenvalue weighted by Crippen LogP contribution is -2.50. The summed E-state index contributed by atoms with van der Waals surface area (Å²) in [6.45, 7) is 0. The largest absolute Gasteiger partial charge is 0.548 e. The monoisotopic (exact) mass is 551 g/mol. The van der Waals surface area contributed by atoms with E-state index >= 15 is 0 Å². The Kier molecular flexibility index (Phi) is 9.24. The first kappa shape index (κ1) is 26.5. The molecule has 0 aliphatic rings. The average molecular weight is 552 g/mol. The number of rotatable bonds is 10. The minimum Gasteiger partial charge on any atom is -0.548 e. The van der Waals surface area contributed by atoms with Gasteiger partial charge in [0.05, 0.1) is 31.8 Å². The van der Waals surface area contributed by atoms with Crippen molar-refractivity contribution in [2.45, 2.75) is 12.5 Å². The summed E-state index contributed by atoms with van der Waals surface area (Å²) in [4.78, 5) is 38.1. The van der Waals surface area contributed by atoms with Gasteiger partial charge in [-0.25, -0.2) is 0 Å². The number of carbonyl (C=O) groups excluding carboxylic acids is 3. The molecule has 0 saturated carbocycles. The maximum Gasteiger partial charge on any atom is 0.268 e. The van der Waals surface area contributed by atoms with Crippen molar-refractivity contribution in [1.29, 1.82) is 0 Å². The second-order valence-electron chi connectivity index (χ2n) is 7.63. The van der Waals surface area contributed by atoms with Gasteiger partial charge in [-0.2, -0.15) is 0 Å². The summed E-state index contributed by atoms with van der Waals surface area (Å²) in [5.41, 5.74) is 1.27. The smallest absolute Gasteiger partial charge is 0.268 e. The summed E-state index contributed by atoms with van der Waals surface area (Å²) in [7, 11) is 2.96. The molecule has 0 radical (unpaired) electrons. The van der Waals surface area contributed by atoms with Crippen LogP contribution >= 0.6 is 15.9 Å². The number of nitrogens with one attached hydrogen (secondary N) is 2. The van der Waals surface area contributed by atoms with Crippen molar-refractivity contribution in [1.82, 2.24) is 10.6 Å². The highest BCUT2D eigenvalue weighted by atomic mass is 79.9. The fourth-order valence-electron chi connectivity index (χ4n) is 3.37. The molecule has 0 bridgehead atoms. The van der Waals surface area contributed by atoms with E-state index in [0.29, 0.717) is 32.7 Å². The van der Waals surface area contributed by atoms with E-state index in [-0.39, 0.29) is 12.1 Å². The van der Waals surface area contributed by atoms with Crippen molar-refractivity contribution in [2.24, 2.45) is 0 Å². The van der Waals surface area contributed by atoms with Crippen LogP contribution in [0, 0.1) is 0 Å². The molecule has 0 spiro atoms. The third kappa shape index (κ3) is 6.96. The minimum absolute atomic E-state index is 0.00618. The molecule has 1 atom stereocenters. The lowest BCUT2D eigenvalue weighted by molar-refractivity contribution is -0.308. The maximum absolute atomic E-state index is 13.3. The Morgan fingerprint density at radius 1 is 0.972 bits per heavy atom. The van der Waals surface area contributed by atoms with Gasteiger partial charge >= 0.3 is 0 Å². The zero-order chi connectivity index (χ0) is 26.1. The summed E-state index contributed by atoms with van der Waals surface area (Å²) in [6, 6.07) is 19.1. The molecule has 0 aliphatic heterocycles. The quantitative estimate of drug-likeness (QED) is 0.374. The molecular formula is C27H24BrN2O6-. The van der Waals surface area contributed by atoms with Crippen molar-refractivity contribution >= 4 is 39.8 Å². The van der Waals surface area contributed by atoms with Gasteiger partial charge in [0.1, 0.15) is 17.2 Å². The molecule has 2 amide bonds. The number of ether oxygens (including phenoxy) is 2. The first-order chi connectivity index (χ1) is 17.3. The molecule has 0 aliphatic carbocycles. The molecule has 0 fully saturated rings. The Morgan fingerprint density at radius 3 is 2.31 bits per heavy atom. The van der Waals surface area contributed by atoms with Crippen LogP contribution in [-0.4, -0.2) is 38.0 Å². The van der Waals surface area contributed by atoms with Crippen LogP contribution in [0.2, 0.25) is 0 Å². The predicted molar refractivity (Wildman–Crippen MR) is 136 cm³/mol. The first-order valence-corrected chi connectivity index (χ1v) is 11.7. The van der Waals surface area contributed by atoms with Crippen molar-refractivity contribution in [3.05, 3.63) is 99.7 Å². The number of hydrogen-bond donors (Lipinski definition) is 2. The molecule has 9 heteroatoms. The van der Waals surface area contributed by atoms with E-state index in [9.17, 15) is 19.5 Å². The van der Waals surface area contributed by atoms with Crippen LogP contribution in [-0.2, 0) is 16.0 Å². The average Bonchev–Trinajstić information content (AvgIpc) is 2.88. The minimum atomic E-state index is -1.45. The summed E-state index contributed by atoms with van der Waals surface area (Å²) >= 11 is 3.33. The number of benzene rings is 3. The molecule has 3 aromatic rings. The maximum atomic E-state index is 13.3. The summed E-state index contributed by atoms with van der Waals surface area (Å²) < 4.78 is 11.1. The Bertz CT molecular complexity index is 1280. The lowest BCUT2D eigenvalue weighted by Gasteiger charge is -2.21. The summed E-state index contributed by atoms with van der Waals surface area (Å²) in [5.74, 6) is -1.91. The fraction of sp³-hybridized carbons (Fsp3) is 0.148. The van der Waals surface area contributed by atoms with Crippen LogP contribution in [0.3, 0.4) is 0 Å². The zero-order valence-electron chi connectivity index (χ0n) is 19.6. The van der Waals surface area contributed by atoms with Gasteiger partial charge in [0, 0.05) is 16.1 Å². The molecular weight excluding hydrogens is 528 g/mol. The van der Waals surface area contributed by atoms with Gasteiger partial charge in [0.2, 0.25) is 0 Å². The van der Waals surface area contributed by atoms with Crippen LogP contribution in [0.15, 0.2) is 83.0 Å². The number of methoxy groups -OCH3 is 2. The number of hydrogen-bond acceptors (Lipinski definition) is 6. The van der Waals surface area contributed by atoms with Gasteiger partial charge in [-0.1, -0.05) is 42.5 Å². The molecule has 8 nitrogen and oxygen atoms in total. The Hall–Kier alpha value is -4.11. The fourth-order valence-corrected chi connectivity index (χ4v) is 3.83. The van der Waals surface area contributed by atoms with E-state index in [2.05, 4.69) is 26.6 Å². The number of carbonyl (C=O) groups is 3. The number of carboxylic acid groups (broad SMARTS) is 1. The van der Waals surface area contributed by atoms with Crippen molar-refractivity contribution in [2.75, 3.05) is 14.2 Å². The van der Waals surface area contributed by atoms with Crippen molar-refractivity contribution < 1.29 is 29.0 Å². The number of amides is 2. The van der Waals surface area contributed by atoms with Crippen LogP contribution in [0.5, 0.6) is 11.5 Å². The van der Waals surface area contributed by atoms with E-state index in [1.54, 1.807) is 72.8 Å². The van der Waals surface area contributed by atoms with E-state index < -0.39 is 23.8 Å². The molecule has 0 aromatic heterocycles. The Labute approximate surface area is 217 Å². The summed E-state index contributed by atoms with van der Waals surface area (Å²) in [5, 5.41) is 16.9. The highest BCUT2D eigenvalue weighted by Crippen LogP contribution is 2.26. The molecule has 36 heavy (non-hydrogen) atoms. The molecule has 0 unspecified atom stereocenters. The zero-order valence-corrected chi connectivity index (χ0v) is 21.2. The Balaban J connectivity index is 1.96. The lowest BCUT2D eigenvalue weighted by atomic mass is 10.1. The van der Waals surface area contributed by atoms with Gasteiger partial charge in [-0.3, -0.25) is 9.59 Å². The number of halogens is 1. The predicted octanol–water partition coefficient (Wildman–Crippen LogP) is 2.71. The number of aliphatic carboxylic acids is 1. The van der Waals surface area contributed by atoms with E-state index in [0.717, 1.165) is 0 Å². The van der Waals surface area contributed by atoms with E-state index in [1.165, 1.54) is 20.3 Å². The third-order valence-corrected chi connectivity index (χ3v) is 5.92. The first-order valence-electron chi connectivity index (χ1n) is 10.9. The second kappa shape index (κ2) is 12.6. The van der Waals surface area contributed by atoms with Gasteiger partial charge in [0.15, 0.2) is 0 Å². The molecule has 186 valence electrons. The second-order valence-corrected chi connectivity index (χ2v) is 8.49. The topological polar surface area (TPSA) is 117 Å². The van der Waals surface area contributed by atoms with Crippen LogP contribution < -0.4 is 25.2 Å². The van der Waals surface area contributed by atoms with Crippen molar-refractivity contribution in [3.8, 4) is 11.5 Å². The van der Waals surface area contributed by atoms with Crippen LogP contribution in [0.1, 0.15) is 21.5 Å². The van der Waals surface area contributed by atoms with Crippen LogP contribution in [0.25, 0.3) is 6.08 Å². The molecule has 0 saturated heterocycles. The van der Waals surface area contributed by atoms with E-state index in [1.807, 2.05) is 0 Å². The van der Waals surface area contributed by atoms with E-state index in [4.69, 9.17) is 9.47 Å². The Morgan fingerprint density at radius 2 is 1.67 bits per heavy atom. The van der Waals surface area contributed by atoms with Gasteiger partial charge in [-0.15, -0.1) is 0 Å². The van der Waals surface area contributed by atoms with Gasteiger partial charge in [0.25, 0.3) is 11.8 Å². The highest BCUT2D eigenvalue weighted by Gasteiger charge is 2.21. The van der Waals surface area contributed by atoms with Crippen molar-refractivity contribution in [3.63, 3.8) is 0 Å². The number of carboxylic acids is 1. The normalized spacial score (nSPS) is 11.8. The highest BCUT2D eigenvalue weighted by molar-refractivity contribution is 9.10. The van der Waals surface area contributed by atoms with Crippen LogP contribution in [0.4, 0.5) is 0 Å². The molecule has 0 heterocycles. The van der Waals surface area contributed by atoms with Gasteiger partial charge < -0.3 is 30.0 Å². The summed E-state index contributed by atoms with van der Waals surface area (Å²) in [6.07, 6.45) is 1.41. The molecule has 3 rings (SSSR count). The standard InChI is InChI=1S/C27H25BrN2O6/c1-35-19-13-12-18(24(16-19)36-2)15-22(29-25(31)20-10-6-7-11-21(20)28)26(32)30-23(27(33)34)14-17-8-4-3-5-9-17/h3-13,15-16,23H,14H2,1-2H3,(H,29,31)(H,30,32)(H,33,34)/p-1/b22-15-/t23-/m0/s1. The van der Waals surface area contributed by atoms with Gasteiger partial charge in [-0.05, 0) is 58.3 Å². The molecule has 2 N–H and O–H groups in total.